The Hall–Kier alpha value is -2.36. The molecule has 1 amide bonds. The molecule has 1 aromatic carbocycles. The second-order valence-electron chi connectivity index (χ2n) is 5.01. The first kappa shape index (κ1) is 15.0. The molecule has 2 N–H and O–H groups in total. The summed E-state index contributed by atoms with van der Waals surface area (Å²) in [6, 6.07) is 9.55. The molecule has 0 fully saturated rings. The Bertz CT molecular complexity index is 610. The molecule has 4 nitrogen and oxygen atoms in total. The highest BCUT2D eigenvalue weighted by molar-refractivity contribution is 6.04. The summed E-state index contributed by atoms with van der Waals surface area (Å²) in [6.45, 7) is 5.00. The number of rotatable bonds is 6. The summed E-state index contributed by atoms with van der Waals surface area (Å²) in [4.78, 5) is 16.4. The van der Waals surface area contributed by atoms with E-state index in [4.69, 9.17) is 0 Å². The zero-order valence-corrected chi connectivity index (χ0v) is 12.5. The smallest absolute Gasteiger partial charge is 0.257 e. The number of amides is 1. The van der Waals surface area contributed by atoms with Gasteiger partial charge in [-0.1, -0.05) is 31.5 Å². The Morgan fingerprint density at radius 2 is 2.05 bits per heavy atom. The van der Waals surface area contributed by atoms with E-state index in [0.717, 1.165) is 36.3 Å². The summed E-state index contributed by atoms with van der Waals surface area (Å²) in [5.41, 5.74) is 3.29. The average Bonchev–Trinajstić information content (AvgIpc) is 2.50. The lowest BCUT2D eigenvalue weighted by Crippen LogP contribution is -2.13. The first-order valence-corrected chi connectivity index (χ1v) is 7.26. The zero-order valence-electron chi connectivity index (χ0n) is 12.5. The van der Waals surface area contributed by atoms with Gasteiger partial charge in [0.25, 0.3) is 5.91 Å². The van der Waals surface area contributed by atoms with E-state index < -0.39 is 0 Å². The maximum atomic E-state index is 12.3. The van der Waals surface area contributed by atoms with Crippen molar-refractivity contribution in [2.75, 3.05) is 17.2 Å². The Morgan fingerprint density at radius 1 is 1.24 bits per heavy atom. The molecule has 0 aliphatic heterocycles. The lowest BCUT2D eigenvalue weighted by atomic mass is 10.2. The molecular weight excluding hydrogens is 262 g/mol. The van der Waals surface area contributed by atoms with Crippen LogP contribution in [0.2, 0.25) is 0 Å². The molecule has 0 saturated carbocycles. The predicted molar refractivity (Wildman–Crippen MR) is 86.8 cm³/mol. The highest BCUT2D eigenvalue weighted by Crippen LogP contribution is 2.15. The number of hydrogen-bond acceptors (Lipinski definition) is 3. The fraction of sp³-hybridized carbons (Fsp3) is 0.294. The minimum absolute atomic E-state index is 0.143. The normalized spacial score (nSPS) is 10.2. The van der Waals surface area contributed by atoms with E-state index in [2.05, 4.69) is 22.5 Å². The molecule has 0 spiro atoms. The summed E-state index contributed by atoms with van der Waals surface area (Å²) in [6.07, 6.45) is 5.55. The molecule has 0 atom stereocenters. The molecule has 0 unspecified atom stereocenters. The molecule has 4 heteroatoms. The molecule has 21 heavy (non-hydrogen) atoms. The van der Waals surface area contributed by atoms with E-state index in [1.165, 1.54) is 0 Å². The molecule has 2 aromatic rings. The molecular formula is C17H21N3O. The van der Waals surface area contributed by atoms with Gasteiger partial charge in [-0.05, 0) is 31.0 Å². The van der Waals surface area contributed by atoms with Crippen molar-refractivity contribution in [2.45, 2.75) is 26.7 Å². The van der Waals surface area contributed by atoms with E-state index >= 15 is 0 Å². The van der Waals surface area contributed by atoms with Crippen LogP contribution in [0.25, 0.3) is 0 Å². The number of para-hydroxylation sites is 1. The van der Waals surface area contributed by atoms with E-state index in [-0.39, 0.29) is 5.91 Å². The number of anilines is 2. The maximum absolute atomic E-state index is 12.3. The Labute approximate surface area is 125 Å². The van der Waals surface area contributed by atoms with Crippen LogP contribution in [-0.2, 0) is 0 Å². The van der Waals surface area contributed by atoms with Crippen LogP contribution in [0.4, 0.5) is 11.4 Å². The lowest BCUT2D eigenvalue weighted by molar-refractivity contribution is 0.102. The highest BCUT2D eigenvalue weighted by atomic mass is 16.1. The molecule has 0 aliphatic carbocycles. The van der Waals surface area contributed by atoms with Crippen LogP contribution >= 0.6 is 0 Å². The van der Waals surface area contributed by atoms with Gasteiger partial charge in [0.05, 0.1) is 11.3 Å². The van der Waals surface area contributed by atoms with Crippen LogP contribution in [-0.4, -0.2) is 17.4 Å². The van der Waals surface area contributed by atoms with Crippen molar-refractivity contribution < 1.29 is 4.79 Å². The van der Waals surface area contributed by atoms with E-state index in [0.29, 0.717) is 5.56 Å². The van der Waals surface area contributed by atoms with Crippen LogP contribution in [0, 0.1) is 6.92 Å². The van der Waals surface area contributed by atoms with Crippen molar-refractivity contribution in [2.24, 2.45) is 0 Å². The Morgan fingerprint density at radius 3 is 2.81 bits per heavy atom. The number of nitrogens with zero attached hydrogens (tertiary/aromatic N) is 1. The summed E-state index contributed by atoms with van der Waals surface area (Å²) < 4.78 is 0. The monoisotopic (exact) mass is 283 g/mol. The van der Waals surface area contributed by atoms with Gasteiger partial charge >= 0.3 is 0 Å². The molecule has 1 heterocycles. The number of unbranched alkanes of at least 4 members (excludes halogenated alkanes) is 1. The van der Waals surface area contributed by atoms with Gasteiger partial charge in [-0.15, -0.1) is 0 Å². The van der Waals surface area contributed by atoms with Gasteiger partial charge < -0.3 is 10.6 Å². The molecule has 0 bridgehead atoms. The van der Waals surface area contributed by atoms with Crippen LogP contribution in [0.1, 0.15) is 35.7 Å². The molecule has 0 saturated heterocycles. The second kappa shape index (κ2) is 7.43. The quantitative estimate of drug-likeness (QED) is 0.792. The van der Waals surface area contributed by atoms with Gasteiger partial charge in [-0.3, -0.25) is 9.78 Å². The number of benzene rings is 1. The van der Waals surface area contributed by atoms with E-state index in [1.54, 1.807) is 12.4 Å². The van der Waals surface area contributed by atoms with Crippen LogP contribution in [0.3, 0.4) is 0 Å². The third-order valence-corrected chi connectivity index (χ3v) is 3.25. The molecule has 0 aliphatic rings. The third-order valence-electron chi connectivity index (χ3n) is 3.25. The van der Waals surface area contributed by atoms with Crippen molar-refractivity contribution in [1.82, 2.24) is 4.98 Å². The summed E-state index contributed by atoms with van der Waals surface area (Å²) in [5.74, 6) is -0.143. The number of hydrogen-bond donors (Lipinski definition) is 2. The van der Waals surface area contributed by atoms with Gasteiger partial charge in [-0.2, -0.15) is 0 Å². The van der Waals surface area contributed by atoms with Crippen molar-refractivity contribution in [3.63, 3.8) is 0 Å². The molecule has 110 valence electrons. The standard InChI is InChI=1S/C17H21N3O/c1-3-4-9-19-15-10-14(11-18-12-15)17(21)20-16-8-6-5-7-13(16)2/h5-8,10-12,19H,3-4,9H2,1-2H3,(H,20,21). The van der Waals surface area contributed by atoms with Gasteiger partial charge in [0.1, 0.15) is 0 Å². The van der Waals surface area contributed by atoms with Crippen LogP contribution < -0.4 is 10.6 Å². The number of carbonyl (C=O) groups excluding carboxylic acids is 1. The topological polar surface area (TPSA) is 54.0 Å². The predicted octanol–water partition coefficient (Wildman–Crippen LogP) is 3.85. The fourth-order valence-electron chi connectivity index (χ4n) is 1.98. The first-order chi connectivity index (χ1) is 10.2. The van der Waals surface area contributed by atoms with Gasteiger partial charge in [0.2, 0.25) is 0 Å². The number of pyridine rings is 1. The minimum atomic E-state index is -0.143. The largest absolute Gasteiger partial charge is 0.384 e. The summed E-state index contributed by atoms with van der Waals surface area (Å²) >= 11 is 0. The Kier molecular flexibility index (Phi) is 5.32. The number of aryl methyl sites for hydroxylation is 1. The van der Waals surface area contributed by atoms with Crippen LogP contribution in [0.5, 0.6) is 0 Å². The first-order valence-electron chi connectivity index (χ1n) is 7.26. The Balaban J connectivity index is 2.05. The summed E-state index contributed by atoms with van der Waals surface area (Å²) in [7, 11) is 0. The number of carbonyl (C=O) groups is 1. The van der Waals surface area contributed by atoms with Gasteiger partial charge in [0.15, 0.2) is 0 Å². The van der Waals surface area contributed by atoms with Gasteiger partial charge in [-0.25, -0.2) is 0 Å². The minimum Gasteiger partial charge on any atom is -0.384 e. The van der Waals surface area contributed by atoms with E-state index in [1.807, 2.05) is 37.3 Å². The third kappa shape index (κ3) is 4.31. The molecule has 1 aromatic heterocycles. The maximum Gasteiger partial charge on any atom is 0.257 e. The van der Waals surface area contributed by atoms with Crippen molar-refractivity contribution >= 4 is 17.3 Å². The molecule has 0 radical (unpaired) electrons. The fourth-order valence-corrected chi connectivity index (χ4v) is 1.98. The van der Waals surface area contributed by atoms with Crippen molar-refractivity contribution in [3.05, 3.63) is 53.9 Å². The van der Waals surface area contributed by atoms with Crippen molar-refractivity contribution in [3.8, 4) is 0 Å². The number of nitrogens with one attached hydrogen (secondary N) is 2. The highest BCUT2D eigenvalue weighted by Gasteiger charge is 2.08. The van der Waals surface area contributed by atoms with Crippen molar-refractivity contribution in [1.29, 1.82) is 0 Å². The van der Waals surface area contributed by atoms with E-state index in [9.17, 15) is 4.79 Å². The summed E-state index contributed by atoms with van der Waals surface area (Å²) in [5, 5.41) is 6.19. The zero-order chi connectivity index (χ0) is 15.1. The second-order valence-corrected chi connectivity index (χ2v) is 5.01. The molecule has 2 rings (SSSR count). The SMILES string of the molecule is CCCCNc1cncc(C(=O)Nc2ccccc2C)c1. The van der Waals surface area contributed by atoms with Gasteiger partial charge in [0, 0.05) is 24.6 Å². The lowest BCUT2D eigenvalue weighted by Gasteiger charge is -2.09. The average molecular weight is 283 g/mol. The number of aromatic nitrogens is 1. The van der Waals surface area contributed by atoms with Crippen LogP contribution in [0.15, 0.2) is 42.7 Å².